The first-order valence-electron chi connectivity index (χ1n) is 11.5. The quantitative estimate of drug-likeness (QED) is 0.213. The van der Waals surface area contributed by atoms with Crippen molar-refractivity contribution in [1.29, 1.82) is 0 Å². The third-order valence-electron chi connectivity index (χ3n) is 5.89. The van der Waals surface area contributed by atoms with Crippen molar-refractivity contribution in [3.8, 4) is 5.75 Å². The molecule has 7 heteroatoms. The van der Waals surface area contributed by atoms with Crippen molar-refractivity contribution in [3.63, 3.8) is 0 Å². The van der Waals surface area contributed by atoms with Gasteiger partial charge in [0.25, 0.3) is 0 Å². The van der Waals surface area contributed by atoms with Gasteiger partial charge in [-0.1, -0.05) is 30.2 Å². The number of halogens is 1. The minimum absolute atomic E-state index is 0. The second-order valence-corrected chi connectivity index (χ2v) is 7.97. The molecule has 0 aromatic heterocycles. The molecule has 174 valence electrons. The Labute approximate surface area is 204 Å². The van der Waals surface area contributed by atoms with Crippen molar-refractivity contribution in [1.82, 2.24) is 15.5 Å². The summed E-state index contributed by atoms with van der Waals surface area (Å²) in [5.74, 6) is 1.80. The zero-order chi connectivity index (χ0) is 21.0. The van der Waals surface area contributed by atoms with Crippen LogP contribution < -0.4 is 15.4 Å². The highest BCUT2D eigenvalue weighted by Gasteiger charge is 2.22. The molecule has 2 aliphatic heterocycles. The van der Waals surface area contributed by atoms with Crippen LogP contribution in [0.25, 0.3) is 0 Å². The van der Waals surface area contributed by atoms with Gasteiger partial charge in [0.15, 0.2) is 5.96 Å². The van der Waals surface area contributed by atoms with Crippen molar-refractivity contribution < 1.29 is 9.47 Å². The number of aliphatic imine (C=N–C) groups is 1. The number of hydrogen-bond acceptors (Lipinski definition) is 4. The highest BCUT2D eigenvalue weighted by atomic mass is 127. The number of rotatable bonds is 9. The molecule has 1 fully saturated rings. The van der Waals surface area contributed by atoms with Gasteiger partial charge in [0, 0.05) is 13.1 Å². The van der Waals surface area contributed by atoms with E-state index in [1.165, 1.54) is 30.4 Å². The van der Waals surface area contributed by atoms with Crippen molar-refractivity contribution in [2.75, 3.05) is 53.0 Å². The summed E-state index contributed by atoms with van der Waals surface area (Å²) in [5, 5.41) is 6.92. The summed E-state index contributed by atoms with van der Waals surface area (Å²) in [6.07, 6.45) is 8.18. The number of guanidine groups is 1. The molecule has 1 atom stereocenters. The van der Waals surface area contributed by atoms with Crippen molar-refractivity contribution in [2.45, 2.75) is 45.1 Å². The molecule has 1 aromatic rings. The van der Waals surface area contributed by atoms with E-state index in [2.05, 4.69) is 52.8 Å². The minimum Gasteiger partial charge on any atom is -0.497 e. The molecule has 1 aromatic carbocycles. The number of nitrogens with one attached hydrogen (secondary N) is 2. The van der Waals surface area contributed by atoms with E-state index in [0.29, 0.717) is 6.04 Å². The van der Waals surface area contributed by atoms with E-state index in [-0.39, 0.29) is 24.0 Å². The van der Waals surface area contributed by atoms with Gasteiger partial charge >= 0.3 is 0 Å². The predicted octanol–water partition coefficient (Wildman–Crippen LogP) is 4.13. The third-order valence-corrected chi connectivity index (χ3v) is 5.89. The topological polar surface area (TPSA) is 58.1 Å². The summed E-state index contributed by atoms with van der Waals surface area (Å²) in [6, 6.07) is 8.78. The van der Waals surface area contributed by atoms with Crippen molar-refractivity contribution in [3.05, 3.63) is 41.5 Å². The molecule has 0 radical (unpaired) electrons. The second-order valence-electron chi connectivity index (χ2n) is 7.97. The number of ether oxygens (including phenoxy) is 2. The number of methoxy groups -OCH3 is 1. The summed E-state index contributed by atoms with van der Waals surface area (Å²) >= 11 is 0. The normalized spacial score (nSPS) is 18.5. The standard InChI is InChI=1S/C24H38N4O2.HI/c1-3-25-24(26-14-11-20-12-17-30-18-13-20)27-19-23(28-15-5-4-6-16-28)21-7-9-22(29-2)10-8-21;/h7-10,12,23H,3-6,11,13-19H2,1-2H3,(H2,25,26,27);1H. The van der Waals surface area contributed by atoms with Crippen LogP contribution in [-0.4, -0.2) is 63.9 Å². The summed E-state index contributed by atoms with van der Waals surface area (Å²) in [4.78, 5) is 7.56. The average molecular weight is 543 g/mol. The zero-order valence-corrected chi connectivity index (χ0v) is 21.4. The Morgan fingerprint density at radius 3 is 2.58 bits per heavy atom. The number of benzene rings is 1. The maximum Gasteiger partial charge on any atom is 0.191 e. The molecule has 0 spiro atoms. The average Bonchev–Trinajstić information content (AvgIpc) is 2.81. The SMILES string of the molecule is CCNC(=NCC(c1ccc(OC)cc1)N1CCCCC1)NCCC1=CCOCC1.I. The van der Waals surface area contributed by atoms with Gasteiger partial charge in [-0.15, -0.1) is 24.0 Å². The third kappa shape index (κ3) is 8.61. The van der Waals surface area contributed by atoms with Gasteiger partial charge in [-0.3, -0.25) is 9.89 Å². The first-order chi connectivity index (χ1) is 14.8. The summed E-state index contributed by atoms with van der Waals surface area (Å²) in [7, 11) is 1.71. The molecule has 1 saturated heterocycles. The molecule has 0 bridgehead atoms. The fraction of sp³-hybridized carbons (Fsp3) is 0.625. The first kappa shape index (κ1) is 25.9. The van der Waals surface area contributed by atoms with Crippen LogP contribution in [0, 0.1) is 0 Å². The molecule has 0 aliphatic carbocycles. The Morgan fingerprint density at radius 2 is 1.94 bits per heavy atom. The van der Waals surface area contributed by atoms with Gasteiger partial charge < -0.3 is 20.1 Å². The molecule has 1 unspecified atom stereocenters. The van der Waals surface area contributed by atoms with Crippen molar-refractivity contribution in [2.24, 2.45) is 4.99 Å². The second kappa shape index (κ2) is 14.7. The summed E-state index contributed by atoms with van der Waals surface area (Å²) in [5.41, 5.74) is 2.79. The summed E-state index contributed by atoms with van der Waals surface area (Å²) < 4.78 is 10.7. The van der Waals surface area contributed by atoms with E-state index >= 15 is 0 Å². The number of hydrogen-bond donors (Lipinski definition) is 2. The van der Waals surface area contributed by atoms with Crippen LogP contribution in [0.5, 0.6) is 5.75 Å². The maximum atomic E-state index is 5.40. The van der Waals surface area contributed by atoms with Crippen molar-refractivity contribution >= 4 is 29.9 Å². The fourth-order valence-electron chi connectivity index (χ4n) is 4.14. The lowest BCUT2D eigenvalue weighted by Gasteiger charge is -2.34. The zero-order valence-electron chi connectivity index (χ0n) is 19.1. The Morgan fingerprint density at radius 1 is 1.16 bits per heavy atom. The van der Waals surface area contributed by atoms with Gasteiger partial charge in [-0.2, -0.15) is 0 Å². The number of piperidine rings is 1. The number of likely N-dealkylation sites (tertiary alicyclic amines) is 1. The minimum atomic E-state index is 0. The molecule has 2 aliphatic rings. The lowest BCUT2D eigenvalue weighted by molar-refractivity contribution is 0.153. The van der Waals surface area contributed by atoms with E-state index in [0.717, 1.165) is 70.5 Å². The van der Waals surface area contributed by atoms with Gasteiger partial charge in [0.1, 0.15) is 5.75 Å². The highest BCUT2D eigenvalue weighted by Crippen LogP contribution is 2.26. The van der Waals surface area contributed by atoms with E-state index in [1.807, 2.05) is 0 Å². The van der Waals surface area contributed by atoms with E-state index < -0.39 is 0 Å². The molecular weight excluding hydrogens is 503 g/mol. The van der Waals surface area contributed by atoms with E-state index in [1.54, 1.807) is 7.11 Å². The Kier molecular flexibility index (Phi) is 12.3. The maximum absolute atomic E-state index is 5.40. The Bertz CT molecular complexity index is 687. The highest BCUT2D eigenvalue weighted by molar-refractivity contribution is 14.0. The van der Waals surface area contributed by atoms with Crippen LogP contribution in [0.15, 0.2) is 40.9 Å². The van der Waals surface area contributed by atoms with Crippen LogP contribution in [0.4, 0.5) is 0 Å². The van der Waals surface area contributed by atoms with Crippen LogP contribution in [-0.2, 0) is 4.74 Å². The predicted molar refractivity (Wildman–Crippen MR) is 139 cm³/mol. The molecule has 0 amide bonds. The molecule has 0 saturated carbocycles. The molecule has 6 nitrogen and oxygen atoms in total. The fourth-order valence-corrected chi connectivity index (χ4v) is 4.14. The monoisotopic (exact) mass is 542 g/mol. The summed E-state index contributed by atoms with van der Waals surface area (Å²) in [6.45, 7) is 8.51. The lowest BCUT2D eigenvalue weighted by Crippen LogP contribution is -2.40. The van der Waals surface area contributed by atoms with Gasteiger partial charge in [0.05, 0.1) is 32.9 Å². The van der Waals surface area contributed by atoms with Crippen LogP contribution in [0.1, 0.15) is 50.6 Å². The van der Waals surface area contributed by atoms with Gasteiger partial charge in [-0.05, 0) is 63.4 Å². The Hall–Kier alpha value is -1.32. The molecule has 2 heterocycles. The molecule has 3 rings (SSSR count). The molecule has 2 N–H and O–H groups in total. The number of nitrogens with zero attached hydrogens (tertiary/aromatic N) is 2. The lowest BCUT2D eigenvalue weighted by atomic mass is 10.0. The van der Waals surface area contributed by atoms with Gasteiger partial charge in [-0.25, -0.2) is 0 Å². The van der Waals surface area contributed by atoms with Crippen LogP contribution in [0.2, 0.25) is 0 Å². The van der Waals surface area contributed by atoms with Crippen LogP contribution >= 0.6 is 24.0 Å². The largest absolute Gasteiger partial charge is 0.497 e. The first-order valence-corrected chi connectivity index (χ1v) is 11.5. The van der Waals surface area contributed by atoms with E-state index in [9.17, 15) is 0 Å². The molecule has 31 heavy (non-hydrogen) atoms. The van der Waals surface area contributed by atoms with Gasteiger partial charge in [0.2, 0.25) is 0 Å². The molecular formula is C24H39IN4O2. The Balaban J connectivity index is 0.00000341. The van der Waals surface area contributed by atoms with E-state index in [4.69, 9.17) is 14.5 Å². The smallest absolute Gasteiger partial charge is 0.191 e. The van der Waals surface area contributed by atoms with Crippen LogP contribution in [0.3, 0.4) is 0 Å².